The molecule has 0 amide bonds. The number of anilines is 1. The van der Waals surface area contributed by atoms with Crippen molar-refractivity contribution < 1.29 is 5.11 Å². The van der Waals surface area contributed by atoms with Crippen molar-refractivity contribution in [1.29, 1.82) is 0 Å². The zero-order valence-corrected chi connectivity index (χ0v) is 12.1. The van der Waals surface area contributed by atoms with Crippen molar-refractivity contribution in [3.8, 4) is 5.75 Å². The summed E-state index contributed by atoms with van der Waals surface area (Å²) in [6, 6.07) is 17.0. The number of benzene rings is 2. The van der Waals surface area contributed by atoms with Crippen LogP contribution in [0.4, 0.5) is 5.69 Å². The highest BCUT2D eigenvalue weighted by molar-refractivity contribution is 5.47. The predicted octanol–water partition coefficient (Wildman–Crippen LogP) is 4.00. The third-order valence-electron chi connectivity index (χ3n) is 5.21. The lowest BCUT2D eigenvalue weighted by Gasteiger charge is -2.25. The standard InChI is InChI=1S/C19H21NO/c21-18-9-7-17(8-10-18)20-19-15-5-6-16(19)12-14-4-2-1-3-13(14)11-15/h1-4,7-10,15-16,19-21H,5-6,11-12H2. The number of phenols is 1. The minimum atomic E-state index is 0.330. The number of hydrogen-bond donors (Lipinski definition) is 2. The fraction of sp³-hybridized carbons (Fsp3) is 0.368. The van der Waals surface area contributed by atoms with Gasteiger partial charge in [-0.1, -0.05) is 24.3 Å². The second-order valence-electron chi connectivity index (χ2n) is 6.49. The summed E-state index contributed by atoms with van der Waals surface area (Å²) in [5.74, 6) is 1.79. The van der Waals surface area contributed by atoms with Crippen LogP contribution in [-0.2, 0) is 12.8 Å². The van der Waals surface area contributed by atoms with Gasteiger partial charge >= 0.3 is 0 Å². The second-order valence-corrected chi connectivity index (χ2v) is 6.49. The highest BCUT2D eigenvalue weighted by Gasteiger charge is 2.38. The van der Waals surface area contributed by atoms with Crippen LogP contribution in [0.1, 0.15) is 24.0 Å². The predicted molar refractivity (Wildman–Crippen MR) is 85.6 cm³/mol. The van der Waals surface area contributed by atoms with E-state index in [-0.39, 0.29) is 0 Å². The van der Waals surface area contributed by atoms with Gasteiger partial charge < -0.3 is 10.4 Å². The maximum Gasteiger partial charge on any atom is 0.115 e. The molecule has 2 bridgehead atoms. The lowest BCUT2D eigenvalue weighted by atomic mass is 9.94. The quantitative estimate of drug-likeness (QED) is 0.814. The molecule has 2 atom stereocenters. The second kappa shape index (κ2) is 5.10. The number of aromatic hydroxyl groups is 1. The van der Waals surface area contributed by atoms with Crippen molar-refractivity contribution in [2.45, 2.75) is 31.7 Å². The molecule has 2 aliphatic rings. The van der Waals surface area contributed by atoms with Crippen molar-refractivity contribution in [3.63, 3.8) is 0 Å². The smallest absolute Gasteiger partial charge is 0.115 e. The van der Waals surface area contributed by atoms with Gasteiger partial charge in [-0.25, -0.2) is 0 Å². The zero-order chi connectivity index (χ0) is 14.2. The highest BCUT2D eigenvalue weighted by atomic mass is 16.3. The molecule has 21 heavy (non-hydrogen) atoms. The minimum Gasteiger partial charge on any atom is -0.508 e. The maximum atomic E-state index is 9.41. The van der Waals surface area contributed by atoms with Gasteiger partial charge in [0.1, 0.15) is 5.75 Å². The van der Waals surface area contributed by atoms with Crippen LogP contribution in [0.5, 0.6) is 5.75 Å². The number of hydrogen-bond acceptors (Lipinski definition) is 2. The summed E-state index contributed by atoms with van der Waals surface area (Å²) in [5, 5.41) is 13.1. The summed E-state index contributed by atoms with van der Waals surface area (Å²) < 4.78 is 0. The van der Waals surface area contributed by atoms with Crippen LogP contribution in [0.15, 0.2) is 48.5 Å². The van der Waals surface area contributed by atoms with E-state index < -0.39 is 0 Å². The molecule has 0 saturated heterocycles. The molecule has 2 unspecified atom stereocenters. The Balaban J connectivity index is 1.59. The van der Waals surface area contributed by atoms with Gasteiger partial charge in [0, 0.05) is 11.7 Å². The van der Waals surface area contributed by atoms with Crippen molar-refractivity contribution in [2.24, 2.45) is 11.8 Å². The van der Waals surface area contributed by atoms with E-state index in [0.717, 1.165) is 17.5 Å². The van der Waals surface area contributed by atoms with Crippen LogP contribution in [0.2, 0.25) is 0 Å². The number of rotatable bonds is 2. The Kier molecular flexibility index (Phi) is 3.10. The first kappa shape index (κ1) is 12.8. The van der Waals surface area contributed by atoms with Gasteiger partial charge in [-0.2, -0.15) is 0 Å². The van der Waals surface area contributed by atoms with E-state index in [0.29, 0.717) is 11.8 Å². The molecule has 2 nitrogen and oxygen atoms in total. The van der Waals surface area contributed by atoms with Crippen LogP contribution in [0, 0.1) is 11.8 Å². The van der Waals surface area contributed by atoms with Gasteiger partial charge in [-0.15, -0.1) is 0 Å². The summed E-state index contributed by atoms with van der Waals surface area (Å²) >= 11 is 0. The van der Waals surface area contributed by atoms with Crippen LogP contribution in [0.3, 0.4) is 0 Å². The first-order chi connectivity index (χ1) is 10.3. The van der Waals surface area contributed by atoms with Crippen LogP contribution in [0.25, 0.3) is 0 Å². The van der Waals surface area contributed by atoms with E-state index in [1.807, 2.05) is 12.1 Å². The molecule has 108 valence electrons. The monoisotopic (exact) mass is 279 g/mol. The molecular formula is C19H21NO. The molecule has 2 aromatic carbocycles. The molecule has 2 N–H and O–H groups in total. The Bertz CT molecular complexity index is 601. The SMILES string of the molecule is Oc1ccc(NC2C3CCC2Cc2ccccc2C3)cc1. The Labute approximate surface area is 125 Å². The van der Waals surface area contributed by atoms with E-state index in [1.54, 1.807) is 23.3 Å². The number of fused-ring (bicyclic) bond motifs is 3. The minimum absolute atomic E-state index is 0.330. The topological polar surface area (TPSA) is 32.3 Å². The molecule has 0 aromatic heterocycles. The maximum absolute atomic E-state index is 9.41. The van der Waals surface area contributed by atoms with E-state index in [9.17, 15) is 5.11 Å². The Morgan fingerprint density at radius 2 is 1.38 bits per heavy atom. The van der Waals surface area contributed by atoms with E-state index in [1.165, 1.54) is 25.7 Å². The van der Waals surface area contributed by atoms with Crippen LogP contribution in [-0.4, -0.2) is 11.1 Å². The third-order valence-corrected chi connectivity index (χ3v) is 5.21. The average Bonchev–Trinajstić information content (AvgIpc) is 2.76. The first-order valence-electron chi connectivity index (χ1n) is 7.92. The molecule has 1 fully saturated rings. The van der Waals surface area contributed by atoms with Crippen molar-refractivity contribution >= 4 is 5.69 Å². The largest absolute Gasteiger partial charge is 0.508 e. The van der Waals surface area contributed by atoms with Gasteiger partial charge in [0.2, 0.25) is 0 Å². The Hall–Kier alpha value is -1.96. The third kappa shape index (κ3) is 2.39. The number of nitrogens with one attached hydrogen (secondary N) is 1. The normalized spacial score (nSPS) is 27.0. The fourth-order valence-electron chi connectivity index (χ4n) is 4.14. The van der Waals surface area contributed by atoms with Crippen molar-refractivity contribution in [2.75, 3.05) is 5.32 Å². The summed E-state index contributed by atoms with van der Waals surface area (Å²) in [5.41, 5.74) is 4.21. The van der Waals surface area contributed by atoms with E-state index in [4.69, 9.17) is 0 Å². The lowest BCUT2D eigenvalue weighted by molar-refractivity contribution is 0.449. The molecule has 1 saturated carbocycles. The fourth-order valence-corrected chi connectivity index (χ4v) is 4.14. The highest BCUT2D eigenvalue weighted by Crippen LogP contribution is 2.41. The molecule has 2 heteroatoms. The van der Waals surface area contributed by atoms with Gasteiger partial charge in [0.05, 0.1) is 0 Å². The van der Waals surface area contributed by atoms with Gasteiger partial charge in [-0.05, 0) is 72.9 Å². The van der Waals surface area contributed by atoms with Gasteiger partial charge in [0.15, 0.2) is 0 Å². The lowest BCUT2D eigenvalue weighted by Crippen LogP contribution is -2.30. The molecule has 0 heterocycles. The Morgan fingerprint density at radius 3 is 1.95 bits per heavy atom. The molecule has 2 aromatic rings. The first-order valence-corrected chi connectivity index (χ1v) is 7.92. The average molecular weight is 279 g/mol. The number of phenolic OH excluding ortho intramolecular Hbond substituents is 1. The molecule has 2 aliphatic carbocycles. The van der Waals surface area contributed by atoms with Crippen molar-refractivity contribution in [3.05, 3.63) is 59.7 Å². The summed E-state index contributed by atoms with van der Waals surface area (Å²) in [6.45, 7) is 0. The molecule has 0 aliphatic heterocycles. The Morgan fingerprint density at radius 1 is 0.810 bits per heavy atom. The molecule has 4 rings (SSSR count). The molecule has 0 spiro atoms. The van der Waals surface area contributed by atoms with Crippen LogP contribution < -0.4 is 5.32 Å². The van der Waals surface area contributed by atoms with E-state index >= 15 is 0 Å². The zero-order valence-electron chi connectivity index (χ0n) is 12.1. The summed E-state index contributed by atoms with van der Waals surface area (Å²) in [7, 11) is 0. The van der Waals surface area contributed by atoms with Gasteiger partial charge in [-0.3, -0.25) is 0 Å². The molecular weight excluding hydrogens is 258 g/mol. The summed E-state index contributed by atoms with van der Waals surface area (Å²) in [6.07, 6.45) is 5.05. The van der Waals surface area contributed by atoms with E-state index in [2.05, 4.69) is 29.6 Å². The summed E-state index contributed by atoms with van der Waals surface area (Å²) in [4.78, 5) is 0. The van der Waals surface area contributed by atoms with Crippen LogP contribution >= 0.6 is 0 Å². The van der Waals surface area contributed by atoms with Crippen molar-refractivity contribution in [1.82, 2.24) is 0 Å². The van der Waals surface area contributed by atoms with Gasteiger partial charge in [0.25, 0.3) is 0 Å². The molecule has 0 radical (unpaired) electrons.